The van der Waals surface area contributed by atoms with Crippen LogP contribution in [0.2, 0.25) is 0 Å². The van der Waals surface area contributed by atoms with Gasteiger partial charge in [-0.3, -0.25) is 9.78 Å². The predicted molar refractivity (Wildman–Crippen MR) is 86.7 cm³/mol. The fraction of sp³-hybridized carbons (Fsp3) is 0.333. The van der Waals surface area contributed by atoms with Crippen LogP contribution in [0.15, 0.2) is 48.7 Å². The normalized spacial score (nSPS) is 18.2. The third kappa shape index (κ3) is 3.02. The Hall–Kier alpha value is -2.20. The first-order chi connectivity index (χ1) is 10.8. The first-order valence-corrected chi connectivity index (χ1v) is 7.81. The molecule has 114 valence electrons. The molecule has 1 aromatic heterocycles. The van der Waals surface area contributed by atoms with Crippen LogP contribution in [0.3, 0.4) is 0 Å². The molecule has 4 nitrogen and oxygen atoms in total. The monoisotopic (exact) mass is 295 g/mol. The Morgan fingerprint density at radius 3 is 2.77 bits per heavy atom. The number of rotatable bonds is 3. The number of pyridine rings is 1. The number of benzene rings is 1. The Morgan fingerprint density at radius 1 is 1.27 bits per heavy atom. The minimum atomic E-state index is 0.00617. The van der Waals surface area contributed by atoms with Gasteiger partial charge in [-0.1, -0.05) is 37.3 Å². The molecule has 1 atom stereocenters. The topological polar surface area (TPSA) is 45.2 Å². The molecule has 0 aliphatic carbocycles. The average Bonchev–Trinajstić information content (AvgIpc) is 2.62. The Labute approximate surface area is 131 Å². The smallest absolute Gasteiger partial charge is 0.273 e. The molecule has 0 radical (unpaired) electrons. The molecular formula is C18H21N3O. The maximum absolute atomic E-state index is 12.7. The van der Waals surface area contributed by atoms with Gasteiger partial charge in [0.05, 0.1) is 6.04 Å². The lowest BCUT2D eigenvalue weighted by Crippen LogP contribution is -2.48. The number of nitrogens with one attached hydrogen (secondary N) is 1. The predicted octanol–water partition coefficient (Wildman–Crippen LogP) is 2.43. The first-order valence-electron chi connectivity index (χ1n) is 7.81. The van der Waals surface area contributed by atoms with Gasteiger partial charge in [0.15, 0.2) is 0 Å². The van der Waals surface area contributed by atoms with Crippen LogP contribution in [0.4, 0.5) is 0 Å². The average molecular weight is 295 g/mol. The van der Waals surface area contributed by atoms with Crippen LogP contribution in [0.1, 0.15) is 34.6 Å². The molecule has 0 spiro atoms. The summed E-state index contributed by atoms with van der Waals surface area (Å²) in [7, 11) is 0. The van der Waals surface area contributed by atoms with E-state index in [1.54, 1.807) is 12.3 Å². The molecule has 0 bridgehead atoms. The van der Waals surface area contributed by atoms with E-state index in [-0.39, 0.29) is 11.9 Å². The highest BCUT2D eigenvalue weighted by atomic mass is 16.2. The molecule has 1 unspecified atom stereocenters. The van der Waals surface area contributed by atoms with Gasteiger partial charge >= 0.3 is 0 Å². The van der Waals surface area contributed by atoms with Gasteiger partial charge in [-0.2, -0.15) is 0 Å². The molecule has 22 heavy (non-hydrogen) atoms. The number of amides is 1. The van der Waals surface area contributed by atoms with Crippen LogP contribution in [0.25, 0.3) is 0 Å². The van der Waals surface area contributed by atoms with Crippen molar-refractivity contribution in [3.63, 3.8) is 0 Å². The summed E-state index contributed by atoms with van der Waals surface area (Å²) in [5.41, 5.74) is 3.00. The van der Waals surface area contributed by atoms with Gasteiger partial charge in [-0.05, 0) is 29.7 Å². The van der Waals surface area contributed by atoms with Crippen LogP contribution in [0, 0.1) is 0 Å². The van der Waals surface area contributed by atoms with Crippen molar-refractivity contribution in [3.8, 4) is 0 Å². The zero-order chi connectivity index (χ0) is 15.4. The Kier molecular flexibility index (Phi) is 4.49. The molecule has 2 aromatic rings. The number of piperazine rings is 1. The summed E-state index contributed by atoms with van der Waals surface area (Å²) in [6.45, 7) is 4.45. The molecule has 1 aliphatic heterocycles. The van der Waals surface area contributed by atoms with Crippen molar-refractivity contribution in [2.24, 2.45) is 0 Å². The van der Waals surface area contributed by atoms with Crippen molar-refractivity contribution < 1.29 is 4.79 Å². The molecule has 4 heteroatoms. The molecule has 1 amide bonds. The second-order valence-corrected chi connectivity index (χ2v) is 5.53. The van der Waals surface area contributed by atoms with E-state index in [9.17, 15) is 4.79 Å². The molecule has 1 N–H and O–H groups in total. The SMILES string of the molecule is CCc1ccc(C2CNCCN2C(=O)c2ccccn2)cc1. The first kappa shape index (κ1) is 14.7. The lowest BCUT2D eigenvalue weighted by atomic mass is 10.0. The van der Waals surface area contributed by atoms with Gasteiger partial charge < -0.3 is 10.2 Å². The van der Waals surface area contributed by atoms with Crippen LogP contribution in [-0.4, -0.2) is 35.4 Å². The molecule has 1 aromatic carbocycles. The van der Waals surface area contributed by atoms with Crippen LogP contribution < -0.4 is 5.32 Å². The summed E-state index contributed by atoms with van der Waals surface area (Å²) in [5.74, 6) is 0.00617. The van der Waals surface area contributed by atoms with E-state index >= 15 is 0 Å². The van der Waals surface area contributed by atoms with E-state index in [1.165, 1.54) is 11.1 Å². The Balaban J connectivity index is 1.86. The lowest BCUT2D eigenvalue weighted by Gasteiger charge is -2.36. The number of nitrogens with zero attached hydrogens (tertiary/aromatic N) is 2. The van der Waals surface area contributed by atoms with E-state index in [0.29, 0.717) is 12.2 Å². The fourth-order valence-electron chi connectivity index (χ4n) is 2.86. The molecule has 0 saturated carbocycles. The van der Waals surface area contributed by atoms with Gasteiger partial charge in [0.25, 0.3) is 5.91 Å². The summed E-state index contributed by atoms with van der Waals surface area (Å²) in [5, 5.41) is 3.38. The lowest BCUT2D eigenvalue weighted by molar-refractivity contribution is 0.0628. The van der Waals surface area contributed by atoms with E-state index in [0.717, 1.165) is 19.5 Å². The van der Waals surface area contributed by atoms with Gasteiger partial charge in [-0.15, -0.1) is 0 Å². The zero-order valence-corrected chi connectivity index (χ0v) is 12.8. The third-order valence-corrected chi connectivity index (χ3v) is 4.16. The molecule has 1 fully saturated rings. The van der Waals surface area contributed by atoms with Crippen LogP contribution in [0.5, 0.6) is 0 Å². The summed E-state index contributed by atoms with van der Waals surface area (Å²) in [6, 6.07) is 14.1. The highest BCUT2D eigenvalue weighted by Gasteiger charge is 2.29. The molecule has 1 aliphatic rings. The molecule has 2 heterocycles. The number of hydrogen-bond donors (Lipinski definition) is 1. The van der Waals surface area contributed by atoms with E-state index in [4.69, 9.17) is 0 Å². The number of aromatic nitrogens is 1. The second kappa shape index (κ2) is 6.71. The van der Waals surface area contributed by atoms with Crippen molar-refractivity contribution >= 4 is 5.91 Å². The second-order valence-electron chi connectivity index (χ2n) is 5.53. The van der Waals surface area contributed by atoms with Gasteiger partial charge in [0.1, 0.15) is 5.69 Å². The largest absolute Gasteiger partial charge is 0.328 e. The summed E-state index contributed by atoms with van der Waals surface area (Å²) >= 11 is 0. The van der Waals surface area contributed by atoms with Crippen LogP contribution >= 0.6 is 0 Å². The van der Waals surface area contributed by atoms with Crippen LogP contribution in [-0.2, 0) is 6.42 Å². The Morgan fingerprint density at radius 2 is 2.09 bits per heavy atom. The maximum atomic E-state index is 12.7. The summed E-state index contributed by atoms with van der Waals surface area (Å²) < 4.78 is 0. The molecule has 1 saturated heterocycles. The van der Waals surface area contributed by atoms with E-state index < -0.39 is 0 Å². The maximum Gasteiger partial charge on any atom is 0.273 e. The van der Waals surface area contributed by atoms with Crippen molar-refractivity contribution in [3.05, 3.63) is 65.5 Å². The van der Waals surface area contributed by atoms with E-state index in [2.05, 4.69) is 41.5 Å². The van der Waals surface area contributed by atoms with Crippen molar-refractivity contribution in [1.82, 2.24) is 15.2 Å². The number of hydrogen-bond acceptors (Lipinski definition) is 3. The molecular weight excluding hydrogens is 274 g/mol. The summed E-state index contributed by atoms with van der Waals surface area (Å²) in [6.07, 6.45) is 2.69. The summed E-state index contributed by atoms with van der Waals surface area (Å²) in [4.78, 5) is 18.9. The quantitative estimate of drug-likeness (QED) is 0.946. The van der Waals surface area contributed by atoms with Crippen molar-refractivity contribution in [2.45, 2.75) is 19.4 Å². The third-order valence-electron chi connectivity index (χ3n) is 4.16. The minimum Gasteiger partial charge on any atom is -0.328 e. The fourth-order valence-corrected chi connectivity index (χ4v) is 2.86. The number of aryl methyl sites for hydroxylation is 1. The van der Waals surface area contributed by atoms with E-state index in [1.807, 2.05) is 17.0 Å². The number of carbonyl (C=O) groups is 1. The highest BCUT2D eigenvalue weighted by molar-refractivity contribution is 5.92. The van der Waals surface area contributed by atoms with Gasteiger partial charge in [-0.25, -0.2) is 0 Å². The minimum absolute atomic E-state index is 0.00617. The standard InChI is InChI=1S/C18H21N3O/c1-2-14-6-8-15(9-7-14)17-13-19-11-12-21(17)18(22)16-5-3-4-10-20-16/h3-10,17,19H,2,11-13H2,1H3. The molecule has 3 rings (SSSR count). The number of carbonyl (C=O) groups excluding carboxylic acids is 1. The van der Waals surface area contributed by atoms with Gasteiger partial charge in [0, 0.05) is 25.8 Å². The highest BCUT2D eigenvalue weighted by Crippen LogP contribution is 2.24. The Bertz CT molecular complexity index is 625. The zero-order valence-electron chi connectivity index (χ0n) is 12.8. The van der Waals surface area contributed by atoms with Gasteiger partial charge in [0.2, 0.25) is 0 Å². The van der Waals surface area contributed by atoms with Crippen molar-refractivity contribution in [1.29, 1.82) is 0 Å². The van der Waals surface area contributed by atoms with Crippen molar-refractivity contribution in [2.75, 3.05) is 19.6 Å².